The molecule has 0 amide bonds. The summed E-state index contributed by atoms with van der Waals surface area (Å²) >= 11 is 0. The van der Waals surface area contributed by atoms with E-state index in [2.05, 4.69) is 0 Å². The van der Waals surface area contributed by atoms with E-state index in [4.69, 9.17) is 10.2 Å². The van der Waals surface area contributed by atoms with Gasteiger partial charge in [-0.1, -0.05) is 0 Å². The van der Waals surface area contributed by atoms with Gasteiger partial charge in [0, 0.05) is 26.2 Å². The summed E-state index contributed by atoms with van der Waals surface area (Å²) in [6.07, 6.45) is 1.01. The molecule has 2 atom stereocenters. The molecule has 1 fully saturated rings. The van der Waals surface area contributed by atoms with E-state index in [0.717, 1.165) is 0 Å². The van der Waals surface area contributed by atoms with Crippen LogP contribution in [-0.2, 0) is 9.59 Å². The van der Waals surface area contributed by atoms with Crippen molar-refractivity contribution in [3.05, 3.63) is 0 Å². The molecule has 0 aromatic heterocycles. The van der Waals surface area contributed by atoms with Gasteiger partial charge in [-0.25, -0.2) is 0 Å². The van der Waals surface area contributed by atoms with Crippen molar-refractivity contribution in [3.63, 3.8) is 0 Å². The second-order valence-corrected chi connectivity index (χ2v) is 2.47. The van der Waals surface area contributed by atoms with Crippen LogP contribution in [0.1, 0.15) is 12.8 Å². The van der Waals surface area contributed by atoms with Crippen molar-refractivity contribution in [2.75, 3.05) is 0 Å². The van der Waals surface area contributed by atoms with E-state index < -0.39 is 23.8 Å². The topological polar surface area (TPSA) is 74.6 Å². The van der Waals surface area contributed by atoms with Crippen LogP contribution < -0.4 is 0 Å². The molecule has 2 unspecified atom stereocenters. The van der Waals surface area contributed by atoms with Gasteiger partial charge >= 0.3 is 11.9 Å². The zero-order chi connectivity index (χ0) is 7.72. The van der Waals surface area contributed by atoms with E-state index in [1.807, 2.05) is 0 Å². The van der Waals surface area contributed by atoms with Gasteiger partial charge in [-0.05, 0) is 12.8 Å². The Bertz CT molecular complexity index is 159. The van der Waals surface area contributed by atoms with Gasteiger partial charge in [0.25, 0.3) is 0 Å². The first-order valence-electron chi connectivity index (χ1n) is 3.08. The Morgan fingerprint density at radius 3 is 1.36 bits per heavy atom. The molecule has 0 saturated heterocycles. The zero-order valence-corrected chi connectivity index (χ0v) is 9.20. The number of carboxylic acid groups (broad SMARTS) is 2. The molecule has 0 bridgehead atoms. The van der Waals surface area contributed by atoms with Gasteiger partial charge in [0.05, 0.1) is 11.8 Å². The van der Waals surface area contributed by atoms with Crippen molar-refractivity contribution < 1.29 is 19.8 Å². The fourth-order valence-electron chi connectivity index (χ4n) is 1.09. The average molecular weight is 353 g/mol. The number of hydrogen-bond acceptors (Lipinski definition) is 2. The molecule has 61 valence electrons. The fourth-order valence-corrected chi connectivity index (χ4v) is 1.09. The average Bonchev–Trinajstić information content (AvgIpc) is 1.56. The third kappa shape index (κ3) is 2.12. The van der Waals surface area contributed by atoms with Crippen molar-refractivity contribution >= 4 is 38.1 Å². The van der Waals surface area contributed by atoms with E-state index in [0.29, 0.717) is 12.8 Å². The summed E-state index contributed by atoms with van der Waals surface area (Å²) in [5.41, 5.74) is 0. The minimum Gasteiger partial charge on any atom is -0.481 e. The van der Waals surface area contributed by atoms with Crippen LogP contribution in [0.25, 0.3) is 0 Å². The van der Waals surface area contributed by atoms with Gasteiger partial charge < -0.3 is 10.2 Å². The monoisotopic (exact) mass is 353 g/mol. The molecular weight excluding hydrogens is 345 g/mol. The summed E-state index contributed by atoms with van der Waals surface area (Å²) in [6, 6.07) is 0. The Labute approximate surface area is 82.7 Å². The summed E-state index contributed by atoms with van der Waals surface area (Å²) in [6.45, 7) is 0. The summed E-state index contributed by atoms with van der Waals surface area (Å²) in [7, 11) is 0. The first kappa shape index (κ1) is 10.8. The Kier molecular flexibility index (Phi) is 3.94. The Morgan fingerprint density at radius 2 is 1.27 bits per heavy atom. The van der Waals surface area contributed by atoms with Crippen LogP contribution in [0.3, 0.4) is 0 Å². The Hall–Kier alpha value is -0.177. The SMILES string of the molecule is O=C(O)C1CCC1C(=O)O.[Bi]. The Balaban J connectivity index is 0.000001000. The molecule has 5 heteroatoms. The van der Waals surface area contributed by atoms with Gasteiger partial charge in [-0.3, -0.25) is 9.59 Å². The normalized spacial score (nSPS) is 28.0. The predicted octanol–water partition coefficient (Wildman–Crippen LogP) is -0.199. The maximum atomic E-state index is 10.2. The molecule has 0 heterocycles. The quantitative estimate of drug-likeness (QED) is 0.675. The second kappa shape index (κ2) is 4.00. The van der Waals surface area contributed by atoms with Crippen LogP contribution in [0.5, 0.6) is 0 Å². The minimum absolute atomic E-state index is 0. The van der Waals surface area contributed by atoms with E-state index >= 15 is 0 Å². The molecule has 2 N–H and O–H groups in total. The van der Waals surface area contributed by atoms with Crippen LogP contribution in [0.15, 0.2) is 0 Å². The first-order chi connectivity index (χ1) is 4.63. The summed E-state index contributed by atoms with van der Waals surface area (Å²) in [4.78, 5) is 20.5. The van der Waals surface area contributed by atoms with Crippen LogP contribution in [0.4, 0.5) is 0 Å². The molecule has 0 spiro atoms. The molecule has 4 nitrogen and oxygen atoms in total. The van der Waals surface area contributed by atoms with Gasteiger partial charge in [0.15, 0.2) is 0 Å². The van der Waals surface area contributed by atoms with E-state index in [-0.39, 0.29) is 26.2 Å². The van der Waals surface area contributed by atoms with Crippen LogP contribution in [0.2, 0.25) is 0 Å². The van der Waals surface area contributed by atoms with E-state index in [1.165, 1.54) is 0 Å². The molecule has 0 aromatic rings. The van der Waals surface area contributed by atoms with Crippen LogP contribution in [0, 0.1) is 11.8 Å². The molecule has 11 heavy (non-hydrogen) atoms. The number of carbonyl (C=O) groups is 2. The van der Waals surface area contributed by atoms with Crippen LogP contribution >= 0.6 is 0 Å². The summed E-state index contributed by atoms with van der Waals surface area (Å²) in [5, 5.41) is 16.8. The van der Waals surface area contributed by atoms with Gasteiger partial charge in [-0.15, -0.1) is 0 Å². The van der Waals surface area contributed by atoms with Crippen molar-refractivity contribution in [1.82, 2.24) is 0 Å². The Morgan fingerprint density at radius 1 is 1.00 bits per heavy atom. The smallest absolute Gasteiger partial charge is 0.307 e. The number of hydrogen-bond donors (Lipinski definition) is 2. The molecule has 0 aliphatic heterocycles. The van der Waals surface area contributed by atoms with Crippen molar-refractivity contribution in [2.24, 2.45) is 11.8 Å². The maximum absolute atomic E-state index is 10.2. The maximum Gasteiger partial charge on any atom is 0.307 e. The van der Waals surface area contributed by atoms with Gasteiger partial charge in [0.1, 0.15) is 0 Å². The molecule has 0 aromatic carbocycles. The number of carboxylic acids is 2. The van der Waals surface area contributed by atoms with Crippen molar-refractivity contribution in [3.8, 4) is 0 Å². The largest absolute Gasteiger partial charge is 0.481 e. The third-order valence-corrected chi connectivity index (χ3v) is 1.91. The molecule has 1 rings (SSSR count). The predicted molar refractivity (Wildman–Crippen MR) is 37.2 cm³/mol. The fraction of sp³-hybridized carbons (Fsp3) is 0.667. The molecule has 1 aliphatic rings. The molecule has 1 aliphatic carbocycles. The first-order valence-corrected chi connectivity index (χ1v) is 3.08. The van der Waals surface area contributed by atoms with Gasteiger partial charge in [-0.2, -0.15) is 0 Å². The number of rotatable bonds is 2. The van der Waals surface area contributed by atoms with Crippen LogP contribution in [-0.4, -0.2) is 48.4 Å². The summed E-state index contributed by atoms with van der Waals surface area (Å²) in [5.74, 6) is -3.26. The van der Waals surface area contributed by atoms with E-state index in [1.54, 1.807) is 0 Å². The second-order valence-electron chi connectivity index (χ2n) is 2.47. The van der Waals surface area contributed by atoms with Crippen molar-refractivity contribution in [1.29, 1.82) is 0 Å². The zero-order valence-electron chi connectivity index (χ0n) is 5.73. The minimum atomic E-state index is -0.987. The van der Waals surface area contributed by atoms with Crippen molar-refractivity contribution in [2.45, 2.75) is 12.8 Å². The third-order valence-electron chi connectivity index (χ3n) is 1.91. The van der Waals surface area contributed by atoms with E-state index in [9.17, 15) is 9.59 Å². The standard InChI is InChI=1S/C6H8O4.Bi/c7-5(8)3-1-2-4(3)6(9)10;/h3-4H,1-2H2,(H,7,8)(H,9,10);. The number of aliphatic carboxylic acids is 2. The molecule has 1 saturated carbocycles. The molecular formula is C6H8BiO4. The van der Waals surface area contributed by atoms with Gasteiger partial charge in [0.2, 0.25) is 0 Å². The summed E-state index contributed by atoms with van der Waals surface area (Å²) < 4.78 is 0. The molecule has 3 radical (unpaired) electrons.